The lowest BCUT2D eigenvalue weighted by Crippen LogP contribution is -2.49. The van der Waals surface area contributed by atoms with Crippen LogP contribution in [-0.2, 0) is 16.0 Å². The molecule has 0 atom stereocenters. The second-order valence-corrected chi connectivity index (χ2v) is 5.18. The lowest BCUT2D eigenvalue weighted by Gasteiger charge is -2.20. The predicted molar refractivity (Wildman–Crippen MR) is 75.8 cm³/mol. The number of carbonyl (C=O) groups is 2. The van der Waals surface area contributed by atoms with Gasteiger partial charge in [-0.3, -0.25) is 4.79 Å². The smallest absolute Gasteiger partial charge is 0.328 e. The number of hydrogen-bond donors (Lipinski definition) is 2. The number of benzene rings is 1. The van der Waals surface area contributed by atoms with E-state index < -0.39 is 11.5 Å². The molecule has 0 unspecified atom stereocenters. The number of methoxy groups -OCH3 is 1. The zero-order valence-electron chi connectivity index (χ0n) is 12.1. The minimum absolute atomic E-state index is 0.245. The molecule has 0 aromatic heterocycles. The summed E-state index contributed by atoms with van der Waals surface area (Å²) in [5.41, 5.74) is -0.104. The van der Waals surface area contributed by atoms with Crippen molar-refractivity contribution in [2.45, 2.75) is 38.6 Å². The molecule has 1 aromatic carbocycles. The van der Waals surface area contributed by atoms with Crippen LogP contribution in [0.2, 0.25) is 0 Å². The molecule has 0 aliphatic heterocycles. The Morgan fingerprint density at radius 1 is 1.25 bits per heavy atom. The molecule has 0 aliphatic carbocycles. The molecule has 0 radical (unpaired) electrons. The first-order chi connectivity index (χ1) is 9.35. The Morgan fingerprint density at radius 2 is 1.85 bits per heavy atom. The van der Waals surface area contributed by atoms with Crippen molar-refractivity contribution >= 4 is 11.9 Å². The highest BCUT2D eigenvalue weighted by atomic mass is 16.5. The number of carboxylic acids is 1. The van der Waals surface area contributed by atoms with Gasteiger partial charge < -0.3 is 15.2 Å². The second-order valence-electron chi connectivity index (χ2n) is 5.18. The summed E-state index contributed by atoms with van der Waals surface area (Å²) in [5, 5.41) is 11.4. The average Bonchev–Trinajstić information content (AvgIpc) is 2.38. The van der Waals surface area contributed by atoms with Gasteiger partial charge in [0.1, 0.15) is 11.3 Å². The third kappa shape index (κ3) is 4.91. The monoisotopic (exact) mass is 279 g/mol. The zero-order chi connectivity index (χ0) is 15.2. The topological polar surface area (TPSA) is 75.6 Å². The van der Waals surface area contributed by atoms with Gasteiger partial charge in [-0.05, 0) is 44.4 Å². The molecule has 0 fully saturated rings. The third-order valence-corrected chi connectivity index (χ3v) is 3.01. The summed E-state index contributed by atoms with van der Waals surface area (Å²) in [7, 11) is 1.61. The Kier molecular flexibility index (Phi) is 5.55. The van der Waals surface area contributed by atoms with Crippen LogP contribution < -0.4 is 10.1 Å². The van der Waals surface area contributed by atoms with Gasteiger partial charge in [-0.2, -0.15) is 0 Å². The highest BCUT2D eigenvalue weighted by Crippen LogP contribution is 2.13. The molecule has 0 bridgehead atoms. The van der Waals surface area contributed by atoms with E-state index in [0.29, 0.717) is 12.8 Å². The van der Waals surface area contributed by atoms with Gasteiger partial charge in [-0.1, -0.05) is 12.1 Å². The number of nitrogens with one attached hydrogen (secondary N) is 1. The largest absolute Gasteiger partial charge is 0.497 e. The summed E-state index contributed by atoms with van der Waals surface area (Å²) in [6.07, 6.45) is 1.75. The van der Waals surface area contributed by atoms with Crippen LogP contribution in [0.5, 0.6) is 5.75 Å². The average molecular weight is 279 g/mol. The number of carboxylic acid groups (broad SMARTS) is 1. The number of aryl methyl sites for hydroxylation is 1. The van der Waals surface area contributed by atoms with Crippen LogP contribution in [0.3, 0.4) is 0 Å². The fourth-order valence-electron chi connectivity index (χ4n) is 1.71. The summed E-state index contributed by atoms with van der Waals surface area (Å²) in [6, 6.07) is 7.67. The Labute approximate surface area is 118 Å². The molecule has 0 aliphatic rings. The Bertz CT molecular complexity index is 465. The van der Waals surface area contributed by atoms with Crippen molar-refractivity contribution in [2.24, 2.45) is 0 Å². The molecule has 5 nitrogen and oxygen atoms in total. The van der Waals surface area contributed by atoms with Crippen molar-refractivity contribution in [1.29, 1.82) is 0 Å². The van der Waals surface area contributed by atoms with Gasteiger partial charge in [0.2, 0.25) is 5.91 Å². The molecule has 2 N–H and O–H groups in total. The maximum atomic E-state index is 11.7. The van der Waals surface area contributed by atoms with Gasteiger partial charge in [0.15, 0.2) is 0 Å². The van der Waals surface area contributed by atoms with Gasteiger partial charge >= 0.3 is 5.97 Å². The van der Waals surface area contributed by atoms with Crippen molar-refractivity contribution in [2.75, 3.05) is 7.11 Å². The summed E-state index contributed by atoms with van der Waals surface area (Å²) >= 11 is 0. The van der Waals surface area contributed by atoms with Crippen molar-refractivity contribution in [3.05, 3.63) is 29.8 Å². The highest BCUT2D eigenvalue weighted by Gasteiger charge is 2.28. The molecule has 0 heterocycles. The van der Waals surface area contributed by atoms with Crippen LogP contribution in [-0.4, -0.2) is 29.6 Å². The minimum atomic E-state index is -1.23. The second kappa shape index (κ2) is 6.93. The van der Waals surface area contributed by atoms with E-state index in [0.717, 1.165) is 17.7 Å². The van der Waals surface area contributed by atoms with Crippen LogP contribution >= 0.6 is 0 Å². The number of aliphatic carboxylic acids is 1. The summed E-state index contributed by atoms with van der Waals surface area (Å²) in [6.45, 7) is 2.94. The van der Waals surface area contributed by atoms with E-state index in [1.54, 1.807) is 7.11 Å². The summed E-state index contributed by atoms with van der Waals surface area (Å²) in [5.74, 6) is -0.485. The van der Waals surface area contributed by atoms with Crippen LogP contribution in [0, 0.1) is 0 Å². The predicted octanol–water partition coefficient (Wildman–Crippen LogP) is 2.00. The minimum Gasteiger partial charge on any atom is -0.497 e. The van der Waals surface area contributed by atoms with Gasteiger partial charge in [0.25, 0.3) is 0 Å². The molecule has 1 aromatic rings. The van der Waals surface area contributed by atoms with Crippen LogP contribution in [0.15, 0.2) is 24.3 Å². The van der Waals surface area contributed by atoms with E-state index in [9.17, 15) is 9.59 Å². The zero-order valence-corrected chi connectivity index (χ0v) is 12.1. The summed E-state index contributed by atoms with van der Waals surface area (Å²) < 4.78 is 5.07. The first-order valence-electron chi connectivity index (χ1n) is 6.52. The number of rotatable bonds is 7. The molecule has 0 saturated carbocycles. The molecule has 110 valence electrons. The fraction of sp³-hybridized carbons (Fsp3) is 0.467. The number of ether oxygens (including phenoxy) is 1. The SMILES string of the molecule is COc1ccc(CCCC(=O)NC(C)(C)C(=O)O)cc1. The van der Waals surface area contributed by atoms with Gasteiger partial charge in [-0.15, -0.1) is 0 Å². The van der Waals surface area contributed by atoms with E-state index in [1.165, 1.54) is 13.8 Å². The summed E-state index contributed by atoms with van der Waals surface area (Å²) in [4.78, 5) is 22.5. The van der Waals surface area contributed by atoms with E-state index in [1.807, 2.05) is 24.3 Å². The molecular formula is C15H21NO4. The third-order valence-electron chi connectivity index (χ3n) is 3.01. The van der Waals surface area contributed by atoms with E-state index in [-0.39, 0.29) is 5.91 Å². The van der Waals surface area contributed by atoms with Gasteiger partial charge in [0.05, 0.1) is 7.11 Å². The van der Waals surface area contributed by atoms with E-state index >= 15 is 0 Å². The maximum absolute atomic E-state index is 11.7. The van der Waals surface area contributed by atoms with Crippen molar-refractivity contribution in [3.63, 3.8) is 0 Å². The Balaban J connectivity index is 2.36. The molecule has 0 spiro atoms. The number of hydrogen-bond acceptors (Lipinski definition) is 3. The Hall–Kier alpha value is -2.04. The fourth-order valence-corrected chi connectivity index (χ4v) is 1.71. The van der Waals surface area contributed by atoms with Crippen molar-refractivity contribution in [3.8, 4) is 5.75 Å². The lowest BCUT2D eigenvalue weighted by atomic mass is 10.0. The quantitative estimate of drug-likeness (QED) is 0.800. The van der Waals surface area contributed by atoms with Crippen molar-refractivity contribution in [1.82, 2.24) is 5.32 Å². The Morgan fingerprint density at radius 3 is 2.35 bits per heavy atom. The number of amides is 1. The molecule has 1 rings (SSSR count). The molecule has 5 heteroatoms. The van der Waals surface area contributed by atoms with E-state index in [2.05, 4.69) is 5.32 Å². The molecular weight excluding hydrogens is 258 g/mol. The van der Waals surface area contributed by atoms with Crippen molar-refractivity contribution < 1.29 is 19.4 Å². The van der Waals surface area contributed by atoms with Crippen LogP contribution in [0.25, 0.3) is 0 Å². The molecule has 0 saturated heterocycles. The normalized spacial score (nSPS) is 10.9. The maximum Gasteiger partial charge on any atom is 0.328 e. The standard InChI is InChI=1S/C15H21NO4/c1-15(2,14(18)19)16-13(17)6-4-5-11-7-9-12(20-3)10-8-11/h7-10H,4-6H2,1-3H3,(H,16,17)(H,18,19). The highest BCUT2D eigenvalue weighted by molar-refractivity contribution is 5.86. The first-order valence-corrected chi connectivity index (χ1v) is 6.52. The lowest BCUT2D eigenvalue weighted by molar-refractivity contribution is -0.146. The van der Waals surface area contributed by atoms with Gasteiger partial charge in [-0.25, -0.2) is 4.79 Å². The molecule has 1 amide bonds. The van der Waals surface area contributed by atoms with Crippen LogP contribution in [0.4, 0.5) is 0 Å². The van der Waals surface area contributed by atoms with Crippen LogP contribution in [0.1, 0.15) is 32.3 Å². The molecule has 20 heavy (non-hydrogen) atoms. The number of carbonyl (C=O) groups excluding carboxylic acids is 1. The van der Waals surface area contributed by atoms with Gasteiger partial charge in [0, 0.05) is 6.42 Å². The van der Waals surface area contributed by atoms with E-state index in [4.69, 9.17) is 9.84 Å². The first kappa shape index (κ1) is 16.0.